The number of hydrogen-bond donors (Lipinski definition) is 1. The molecular weight excluding hydrogens is 254 g/mol. The van der Waals surface area contributed by atoms with Gasteiger partial charge in [0.1, 0.15) is 6.10 Å². The van der Waals surface area contributed by atoms with Crippen LogP contribution in [0.25, 0.3) is 0 Å². The number of carbonyl (C=O) groups is 1. The molecule has 0 bridgehead atoms. The second kappa shape index (κ2) is 7.24. The van der Waals surface area contributed by atoms with Crippen molar-refractivity contribution in [2.24, 2.45) is 5.73 Å². The maximum absolute atomic E-state index is 11.6. The average molecular weight is 277 g/mol. The number of unbranched alkanes of at least 4 members (excludes halogenated alkanes) is 1. The quantitative estimate of drug-likeness (QED) is 0.821. The first-order chi connectivity index (χ1) is 9.70. The first-order valence-corrected chi connectivity index (χ1v) is 7.31. The number of likely N-dealkylation sites (tertiary alicyclic amines) is 1. The van der Waals surface area contributed by atoms with Crippen molar-refractivity contribution in [3.8, 4) is 5.88 Å². The minimum absolute atomic E-state index is 0.0911. The normalized spacial score (nSPS) is 20.8. The molecule has 5 nitrogen and oxygen atoms in total. The molecule has 20 heavy (non-hydrogen) atoms. The number of ether oxygens (including phenoxy) is 1. The van der Waals surface area contributed by atoms with Gasteiger partial charge in [0.2, 0.25) is 11.8 Å². The van der Waals surface area contributed by atoms with E-state index in [1.165, 1.54) is 0 Å². The summed E-state index contributed by atoms with van der Waals surface area (Å²) >= 11 is 0. The summed E-state index contributed by atoms with van der Waals surface area (Å²) in [7, 11) is 0. The van der Waals surface area contributed by atoms with E-state index in [-0.39, 0.29) is 18.1 Å². The summed E-state index contributed by atoms with van der Waals surface area (Å²) in [5, 5.41) is 0. The third-order valence-electron chi connectivity index (χ3n) is 3.70. The molecule has 1 saturated heterocycles. The lowest BCUT2D eigenvalue weighted by molar-refractivity contribution is -0.123. The van der Waals surface area contributed by atoms with Crippen LogP contribution in [0.2, 0.25) is 0 Å². The van der Waals surface area contributed by atoms with E-state index in [9.17, 15) is 4.79 Å². The Bertz CT molecular complexity index is 424. The van der Waals surface area contributed by atoms with E-state index >= 15 is 0 Å². The molecule has 0 aromatic carbocycles. The van der Waals surface area contributed by atoms with Gasteiger partial charge in [0, 0.05) is 25.4 Å². The maximum Gasteiger partial charge on any atom is 0.234 e. The minimum atomic E-state index is -0.225. The monoisotopic (exact) mass is 277 g/mol. The molecule has 0 aliphatic carbocycles. The Kier molecular flexibility index (Phi) is 5.35. The lowest BCUT2D eigenvalue weighted by atomic mass is 10.1. The van der Waals surface area contributed by atoms with Crippen LogP contribution in [0.4, 0.5) is 0 Å². The van der Waals surface area contributed by atoms with Crippen molar-refractivity contribution in [3.63, 3.8) is 0 Å². The summed E-state index contributed by atoms with van der Waals surface area (Å²) in [5.41, 5.74) is 5.52. The van der Waals surface area contributed by atoms with Crippen molar-refractivity contribution in [2.75, 3.05) is 13.1 Å². The van der Waals surface area contributed by atoms with E-state index in [2.05, 4.69) is 16.8 Å². The lowest BCUT2D eigenvalue weighted by Gasteiger charge is -2.24. The van der Waals surface area contributed by atoms with Crippen LogP contribution in [-0.2, 0) is 4.79 Å². The number of amides is 1. The Labute approximate surface area is 120 Å². The van der Waals surface area contributed by atoms with Gasteiger partial charge in [-0.15, -0.1) is 0 Å². The molecule has 110 valence electrons. The number of nitrogens with two attached hydrogens (primary N) is 1. The molecule has 1 aliphatic heterocycles. The van der Waals surface area contributed by atoms with Gasteiger partial charge in [-0.3, -0.25) is 9.69 Å². The van der Waals surface area contributed by atoms with Gasteiger partial charge < -0.3 is 10.5 Å². The molecule has 1 aromatic heterocycles. The van der Waals surface area contributed by atoms with Crippen molar-refractivity contribution < 1.29 is 9.53 Å². The molecule has 2 N–H and O–H groups in total. The second-order valence-corrected chi connectivity index (χ2v) is 5.25. The number of pyridine rings is 1. The molecule has 0 spiro atoms. The number of hydrogen-bond acceptors (Lipinski definition) is 4. The van der Waals surface area contributed by atoms with Crippen LogP contribution in [0.3, 0.4) is 0 Å². The molecule has 2 heterocycles. The fourth-order valence-electron chi connectivity index (χ4n) is 2.62. The van der Waals surface area contributed by atoms with Crippen molar-refractivity contribution in [1.29, 1.82) is 0 Å². The van der Waals surface area contributed by atoms with E-state index < -0.39 is 0 Å². The lowest BCUT2D eigenvalue weighted by Crippen LogP contribution is -2.44. The zero-order valence-electron chi connectivity index (χ0n) is 12.0. The van der Waals surface area contributed by atoms with Gasteiger partial charge in [0.15, 0.2) is 0 Å². The molecule has 5 heteroatoms. The topological polar surface area (TPSA) is 68.5 Å². The summed E-state index contributed by atoms with van der Waals surface area (Å²) in [6.07, 6.45) is 5.65. The molecule has 0 radical (unpaired) electrons. The average Bonchev–Trinajstić information content (AvgIpc) is 2.88. The Balaban J connectivity index is 1.88. The van der Waals surface area contributed by atoms with Crippen molar-refractivity contribution in [2.45, 2.75) is 44.8 Å². The third-order valence-corrected chi connectivity index (χ3v) is 3.70. The fraction of sp³-hybridized carbons (Fsp3) is 0.600. The van der Waals surface area contributed by atoms with Crippen molar-refractivity contribution in [3.05, 3.63) is 24.4 Å². The predicted octanol–water partition coefficient (Wildman–Crippen LogP) is 1.58. The van der Waals surface area contributed by atoms with Gasteiger partial charge in [-0.2, -0.15) is 0 Å². The van der Waals surface area contributed by atoms with E-state index in [0.29, 0.717) is 5.88 Å². The fourth-order valence-corrected chi connectivity index (χ4v) is 2.62. The Morgan fingerprint density at radius 1 is 1.60 bits per heavy atom. The van der Waals surface area contributed by atoms with Gasteiger partial charge in [0.25, 0.3) is 0 Å². The summed E-state index contributed by atoms with van der Waals surface area (Å²) in [4.78, 5) is 17.9. The van der Waals surface area contributed by atoms with Crippen LogP contribution in [-0.4, -0.2) is 41.0 Å². The number of primary amides is 1. The maximum atomic E-state index is 11.6. The first-order valence-electron chi connectivity index (χ1n) is 7.31. The van der Waals surface area contributed by atoms with Crippen molar-refractivity contribution in [1.82, 2.24) is 9.88 Å². The predicted molar refractivity (Wildman–Crippen MR) is 77.4 cm³/mol. The Hall–Kier alpha value is -1.62. The van der Waals surface area contributed by atoms with Gasteiger partial charge in [-0.05, 0) is 18.9 Å². The zero-order valence-corrected chi connectivity index (χ0v) is 12.0. The minimum Gasteiger partial charge on any atom is -0.473 e. The molecule has 2 unspecified atom stereocenters. The summed E-state index contributed by atoms with van der Waals surface area (Å²) < 4.78 is 5.84. The Morgan fingerprint density at radius 3 is 3.10 bits per heavy atom. The number of carbonyl (C=O) groups excluding carboxylic acids is 1. The van der Waals surface area contributed by atoms with Crippen LogP contribution in [0.15, 0.2) is 24.4 Å². The highest BCUT2D eigenvalue weighted by atomic mass is 16.5. The molecule has 1 amide bonds. The van der Waals surface area contributed by atoms with E-state index in [1.807, 2.05) is 18.2 Å². The Morgan fingerprint density at radius 2 is 2.45 bits per heavy atom. The third kappa shape index (κ3) is 3.93. The van der Waals surface area contributed by atoms with E-state index in [4.69, 9.17) is 10.5 Å². The van der Waals surface area contributed by atoms with E-state index in [0.717, 1.165) is 38.8 Å². The first kappa shape index (κ1) is 14.8. The van der Waals surface area contributed by atoms with Gasteiger partial charge in [-0.1, -0.05) is 25.8 Å². The number of aromatic nitrogens is 1. The molecular formula is C15H23N3O2. The number of nitrogens with zero attached hydrogens (tertiary/aromatic N) is 2. The van der Waals surface area contributed by atoms with Crippen LogP contribution >= 0.6 is 0 Å². The number of rotatable bonds is 7. The van der Waals surface area contributed by atoms with Crippen LogP contribution < -0.4 is 10.5 Å². The summed E-state index contributed by atoms with van der Waals surface area (Å²) in [6.45, 7) is 3.72. The van der Waals surface area contributed by atoms with Crippen molar-refractivity contribution >= 4 is 5.91 Å². The largest absolute Gasteiger partial charge is 0.473 e. The smallest absolute Gasteiger partial charge is 0.234 e. The molecule has 1 aromatic rings. The van der Waals surface area contributed by atoms with Crippen LogP contribution in [0.1, 0.15) is 32.6 Å². The van der Waals surface area contributed by atoms with E-state index in [1.54, 1.807) is 6.20 Å². The van der Waals surface area contributed by atoms with Gasteiger partial charge in [0.05, 0.1) is 6.04 Å². The molecule has 2 atom stereocenters. The van der Waals surface area contributed by atoms with Crippen LogP contribution in [0, 0.1) is 0 Å². The van der Waals surface area contributed by atoms with Gasteiger partial charge in [-0.25, -0.2) is 4.98 Å². The highest BCUT2D eigenvalue weighted by Crippen LogP contribution is 2.20. The second-order valence-electron chi connectivity index (χ2n) is 5.25. The van der Waals surface area contributed by atoms with Gasteiger partial charge >= 0.3 is 0 Å². The molecule has 1 fully saturated rings. The standard InChI is InChI=1S/C15H23N3O2/c1-2-3-6-13(15(16)19)18-10-8-12(11-18)20-14-7-4-5-9-17-14/h4-5,7,9,12-13H,2-3,6,8,10-11H2,1H3,(H2,16,19). The SMILES string of the molecule is CCCCC(C(N)=O)N1CCC(Oc2ccccn2)C1. The highest BCUT2D eigenvalue weighted by molar-refractivity contribution is 5.79. The highest BCUT2D eigenvalue weighted by Gasteiger charge is 2.32. The molecule has 1 aliphatic rings. The summed E-state index contributed by atoms with van der Waals surface area (Å²) in [6, 6.07) is 5.46. The molecule has 2 rings (SSSR count). The zero-order chi connectivity index (χ0) is 14.4. The van der Waals surface area contributed by atoms with Crippen LogP contribution in [0.5, 0.6) is 5.88 Å². The summed E-state index contributed by atoms with van der Waals surface area (Å²) in [5.74, 6) is 0.417. The molecule has 0 saturated carbocycles.